The number of nitrogens with two attached hydrogens (primary N) is 1. The van der Waals surface area contributed by atoms with E-state index in [1.807, 2.05) is 12.1 Å². The van der Waals surface area contributed by atoms with Crippen molar-refractivity contribution in [1.29, 1.82) is 0 Å². The van der Waals surface area contributed by atoms with Crippen molar-refractivity contribution in [2.75, 3.05) is 13.1 Å². The molecule has 1 aromatic rings. The number of thiocarbonyl (C=S) groups is 1. The fourth-order valence-corrected chi connectivity index (χ4v) is 2.35. The molecule has 3 N–H and O–H groups in total. The molecule has 0 amide bonds. The Morgan fingerprint density at radius 1 is 1.59 bits per heavy atom. The number of rotatable bonds is 3. The topological polar surface area (TPSA) is 49.5 Å². The van der Waals surface area contributed by atoms with Crippen molar-refractivity contribution in [3.63, 3.8) is 0 Å². The van der Waals surface area contributed by atoms with Crippen LogP contribution in [0.2, 0.25) is 0 Å². The van der Waals surface area contributed by atoms with Gasteiger partial charge in [-0.15, -0.1) is 0 Å². The number of aliphatic hydroxyl groups excluding tert-OH is 1. The lowest BCUT2D eigenvalue weighted by Crippen LogP contribution is -2.22. The summed E-state index contributed by atoms with van der Waals surface area (Å²) in [7, 11) is 0. The fraction of sp³-hybridized carbons (Fsp3) is 0.462. The highest BCUT2D eigenvalue weighted by atomic mass is 32.1. The van der Waals surface area contributed by atoms with Crippen molar-refractivity contribution >= 4 is 17.2 Å². The summed E-state index contributed by atoms with van der Waals surface area (Å²) < 4.78 is 0. The van der Waals surface area contributed by atoms with Gasteiger partial charge in [-0.05, 0) is 30.5 Å². The van der Waals surface area contributed by atoms with Crippen LogP contribution in [0, 0.1) is 6.92 Å². The van der Waals surface area contributed by atoms with Crippen LogP contribution in [0.5, 0.6) is 0 Å². The number of hydrogen-bond acceptors (Lipinski definition) is 3. The van der Waals surface area contributed by atoms with Crippen LogP contribution in [0.3, 0.4) is 0 Å². The Kier molecular flexibility index (Phi) is 3.76. The molecule has 1 saturated heterocycles. The molecule has 0 saturated carbocycles. The van der Waals surface area contributed by atoms with Crippen LogP contribution in [0.25, 0.3) is 0 Å². The van der Waals surface area contributed by atoms with Gasteiger partial charge in [0, 0.05) is 25.2 Å². The molecule has 1 unspecified atom stereocenters. The Hall–Kier alpha value is -0.970. The molecule has 0 aromatic heterocycles. The van der Waals surface area contributed by atoms with Crippen LogP contribution in [-0.2, 0) is 6.54 Å². The van der Waals surface area contributed by atoms with E-state index >= 15 is 0 Å². The summed E-state index contributed by atoms with van der Waals surface area (Å²) in [6, 6.07) is 6.08. The second-order valence-electron chi connectivity index (χ2n) is 4.68. The van der Waals surface area contributed by atoms with Gasteiger partial charge in [0.2, 0.25) is 0 Å². The number of hydrogen-bond donors (Lipinski definition) is 2. The molecule has 0 radical (unpaired) electrons. The molecule has 1 atom stereocenters. The predicted octanol–water partition coefficient (Wildman–Crippen LogP) is 1.20. The zero-order valence-electron chi connectivity index (χ0n) is 10.0. The average molecular weight is 250 g/mol. The summed E-state index contributed by atoms with van der Waals surface area (Å²) in [5.41, 5.74) is 9.00. The van der Waals surface area contributed by atoms with Crippen LogP contribution in [0.15, 0.2) is 18.2 Å². The molecule has 92 valence electrons. The van der Waals surface area contributed by atoms with Gasteiger partial charge < -0.3 is 10.8 Å². The number of aliphatic hydroxyl groups is 1. The Labute approximate surface area is 107 Å². The highest BCUT2D eigenvalue weighted by Gasteiger charge is 2.20. The molecule has 0 spiro atoms. The van der Waals surface area contributed by atoms with E-state index in [0.29, 0.717) is 4.99 Å². The summed E-state index contributed by atoms with van der Waals surface area (Å²) in [4.78, 5) is 2.71. The van der Waals surface area contributed by atoms with Crippen molar-refractivity contribution in [3.05, 3.63) is 34.9 Å². The van der Waals surface area contributed by atoms with Crippen LogP contribution in [0.1, 0.15) is 23.1 Å². The third-order valence-electron chi connectivity index (χ3n) is 3.27. The van der Waals surface area contributed by atoms with Crippen molar-refractivity contribution in [3.8, 4) is 0 Å². The number of benzene rings is 1. The quantitative estimate of drug-likeness (QED) is 0.791. The van der Waals surface area contributed by atoms with Gasteiger partial charge in [-0.25, -0.2) is 0 Å². The Morgan fingerprint density at radius 3 is 2.88 bits per heavy atom. The second-order valence-corrected chi connectivity index (χ2v) is 5.12. The van der Waals surface area contributed by atoms with Crippen LogP contribution >= 0.6 is 12.2 Å². The fourth-order valence-electron chi connectivity index (χ4n) is 2.22. The smallest absolute Gasteiger partial charge is 0.103 e. The Bertz CT molecular complexity index is 433. The molecule has 1 fully saturated rings. The van der Waals surface area contributed by atoms with Crippen molar-refractivity contribution in [2.45, 2.75) is 26.0 Å². The summed E-state index contributed by atoms with van der Waals surface area (Å²) in [5.74, 6) is 0. The molecule has 3 nitrogen and oxygen atoms in total. The third-order valence-corrected chi connectivity index (χ3v) is 3.50. The summed E-state index contributed by atoms with van der Waals surface area (Å²) in [6.45, 7) is 4.71. The molecule has 2 rings (SSSR count). The standard InChI is InChI=1S/C13H18N2OS/c1-9-6-10(13(14)17)2-3-11(9)7-15-5-4-12(16)8-15/h2-3,6,12,16H,4-5,7-8H2,1H3,(H2,14,17). The van der Waals surface area contributed by atoms with Gasteiger partial charge in [0.25, 0.3) is 0 Å². The van der Waals surface area contributed by atoms with Gasteiger partial charge in [0.1, 0.15) is 4.99 Å². The van der Waals surface area contributed by atoms with Gasteiger partial charge >= 0.3 is 0 Å². The molecule has 4 heteroatoms. The minimum absolute atomic E-state index is 0.161. The zero-order valence-corrected chi connectivity index (χ0v) is 10.8. The summed E-state index contributed by atoms with van der Waals surface area (Å²) in [5, 5.41) is 9.49. The van der Waals surface area contributed by atoms with Gasteiger partial charge in [0.15, 0.2) is 0 Å². The Morgan fingerprint density at radius 2 is 2.35 bits per heavy atom. The van der Waals surface area contributed by atoms with Crippen LogP contribution in [0.4, 0.5) is 0 Å². The van der Waals surface area contributed by atoms with E-state index in [1.54, 1.807) is 0 Å². The maximum Gasteiger partial charge on any atom is 0.103 e. The Balaban J connectivity index is 2.09. The van der Waals surface area contributed by atoms with Crippen LogP contribution < -0.4 is 5.73 Å². The first kappa shape index (κ1) is 12.5. The highest BCUT2D eigenvalue weighted by Crippen LogP contribution is 2.17. The average Bonchev–Trinajstić information content (AvgIpc) is 2.67. The van der Waals surface area contributed by atoms with E-state index in [1.165, 1.54) is 11.1 Å². The predicted molar refractivity (Wildman–Crippen MR) is 73.0 cm³/mol. The molecule has 17 heavy (non-hydrogen) atoms. The number of likely N-dealkylation sites (tertiary alicyclic amines) is 1. The van der Waals surface area contributed by atoms with Gasteiger partial charge in [-0.2, -0.15) is 0 Å². The van der Waals surface area contributed by atoms with Crippen molar-refractivity contribution in [1.82, 2.24) is 4.90 Å². The molecule has 1 aliphatic rings. The van der Waals surface area contributed by atoms with E-state index in [2.05, 4.69) is 17.9 Å². The summed E-state index contributed by atoms with van der Waals surface area (Å²) >= 11 is 4.96. The first-order valence-electron chi connectivity index (χ1n) is 5.86. The monoisotopic (exact) mass is 250 g/mol. The third kappa shape index (κ3) is 3.03. The molecular weight excluding hydrogens is 232 g/mol. The first-order valence-corrected chi connectivity index (χ1v) is 6.27. The van der Waals surface area contributed by atoms with E-state index in [9.17, 15) is 5.11 Å². The largest absolute Gasteiger partial charge is 0.392 e. The number of nitrogens with zero attached hydrogens (tertiary/aromatic N) is 1. The van der Waals surface area contributed by atoms with Gasteiger partial charge in [0.05, 0.1) is 6.10 Å². The van der Waals surface area contributed by atoms with Crippen molar-refractivity contribution in [2.24, 2.45) is 5.73 Å². The SMILES string of the molecule is Cc1cc(C(N)=S)ccc1CN1CCC(O)C1. The molecule has 0 aliphatic carbocycles. The lowest BCUT2D eigenvalue weighted by Gasteiger charge is -2.17. The number of β-amino-alcohol motifs (C(OH)–C–C–N with tert-alkyl or cyclic N) is 1. The lowest BCUT2D eigenvalue weighted by atomic mass is 10.0. The second kappa shape index (κ2) is 5.12. The minimum Gasteiger partial charge on any atom is -0.392 e. The van der Waals surface area contributed by atoms with Crippen molar-refractivity contribution < 1.29 is 5.11 Å². The van der Waals surface area contributed by atoms with E-state index in [-0.39, 0.29) is 6.10 Å². The molecule has 1 aromatic carbocycles. The minimum atomic E-state index is -0.161. The number of aryl methyl sites for hydroxylation is 1. The van der Waals surface area contributed by atoms with E-state index in [0.717, 1.165) is 31.6 Å². The molecular formula is C13H18N2OS. The zero-order chi connectivity index (χ0) is 12.4. The lowest BCUT2D eigenvalue weighted by molar-refractivity contribution is 0.174. The summed E-state index contributed by atoms with van der Waals surface area (Å²) in [6.07, 6.45) is 0.718. The highest BCUT2D eigenvalue weighted by molar-refractivity contribution is 7.80. The van der Waals surface area contributed by atoms with Gasteiger partial charge in [-0.3, -0.25) is 4.90 Å². The van der Waals surface area contributed by atoms with E-state index in [4.69, 9.17) is 18.0 Å². The maximum atomic E-state index is 9.49. The normalized spacial score (nSPS) is 20.7. The maximum absolute atomic E-state index is 9.49. The van der Waals surface area contributed by atoms with Gasteiger partial charge in [-0.1, -0.05) is 24.4 Å². The first-order chi connectivity index (χ1) is 8.06. The van der Waals surface area contributed by atoms with Crippen LogP contribution in [-0.4, -0.2) is 34.2 Å². The molecule has 1 aliphatic heterocycles. The molecule has 1 heterocycles. The molecule has 0 bridgehead atoms. The van der Waals surface area contributed by atoms with E-state index < -0.39 is 0 Å².